The number of aliphatic hydroxyl groups excluding tert-OH is 1. The van der Waals surface area contributed by atoms with Gasteiger partial charge in [-0.15, -0.1) is 0 Å². The van der Waals surface area contributed by atoms with E-state index >= 15 is 0 Å². The first-order valence-electron chi connectivity index (χ1n) is 2.04. The molecule has 0 aliphatic heterocycles. The highest BCUT2D eigenvalue weighted by Gasteiger charge is 2.21. The van der Waals surface area contributed by atoms with Crippen molar-refractivity contribution in [3.05, 3.63) is 12.2 Å². The lowest BCUT2D eigenvalue weighted by atomic mass is 10.5. The average molecular weight is 142 g/mol. The topological polar surface area (TPSA) is 40.5 Å². The van der Waals surface area contributed by atoms with Gasteiger partial charge in [-0.05, 0) is 6.08 Å². The summed E-state index contributed by atoms with van der Waals surface area (Å²) in [5.41, 5.74) is 0. The van der Waals surface area contributed by atoms with Crippen LogP contribution >= 0.6 is 0 Å². The molecular formula is C4H5F3O2. The molecule has 54 valence electrons. The lowest BCUT2D eigenvalue weighted by molar-refractivity contribution is -0.0829. The molecule has 0 radical (unpaired) electrons. The molecule has 0 atom stereocenters. The lowest BCUT2D eigenvalue weighted by Crippen LogP contribution is -2.05. The van der Waals surface area contributed by atoms with Gasteiger partial charge in [-0.2, -0.15) is 13.2 Å². The van der Waals surface area contributed by atoms with Gasteiger partial charge in [-0.1, -0.05) is 0 Å². The molecule has 2 N–H and O–H groups in total. The fourth-order valence-electron chi connectivity index (χ4n) is 0.195. The number of halogens is 3. The summed E-state index contributed by atoms with van der Waals surface area (Å²) in [5, 5.41) is 15.8. The second-order valence-corrected chi connectivity index (χ2v) is 1.31. The standard InChI is InChI=1S/C4H5F3O2/c5-4(6,7)2-1-3(8)9/h1-3,8-9H/b2-1+. The van der Waals surface area contributed by atoms with Crippen LogP contribution in [0.1, 0.15) is 0 Å². The van der Waals surface area contributed by atoms with Gasteiger partial charge in [0.15, 0.2) is 6.29 Å². The average Bonchev–Trinajstić information content (AvgIpc) is 1.59. The Morgan fingerprint density at radius 1 is 1.22 bits per heavy atom. The van der Waals surface area contributed by atoms with Crippen LogP contribution in [0.5, 0.6) is 0 Å². The third-order valence-electron chi connectivity index (χ3n) is 0.457. The van der Waals surface area contributed by atoms with E-state index < -0.39 is 12.5 Å². The van der Waals surface area contributed by atoms with Crippen molar-refractivity contribution in [1.82, 2.24) is 0 Å². The van der Waals surface area contributed by atoms with Crippen LogP contribution in [0.3, 0.4) is 0 Å². The van der Waals surface area contributed by atoms with Crippen LogP contribution in [-0.2, 0) is 0 Å². The number of allylic oxidation sites excluding steroid dienone is 1. The van der Waals surface area contributed by atoms with Gasteiger partial charge in [-0.3, -0.25) is 0 Å². The maximum atomic E-state index is 11.1. The highest BCUT2D eigenvalue weighted by molar-refractivity contribution is 4.89. The molecular weight excluding hydrogens is 137 g/mol. The Balaban J connectivity index is 3.71. The van der Waals surface area contributed by atoms with Crippen molar-refractivity contribution in [1.29, 1.82) is 0 Å². The SMILES string of the molecule is OC(O)/C=C/C(F)(F)F. The van der Waals surface area contributed by atoms with Crippen LogP contribution in [0, 0.1) is 0 Å². The maximum Gasteiger partial charge on any atom is 0.409 e. The summed E-state index contributed by atoms with van der Waals surface area (Å²) in [6, 6.07) is 0. The fraction of sp³-hybridized carbons (Fsp3) is 0.500. The number of alkyl halides is 3. The molecule has 5 heteroatoms. The molecule has 0 aromatic rings. The largest absolute Gasteiger partial charge is 0.409 e. The van der Waals surface area contributed by atoms with Crippen LogP contribution in [0.4, 0.5) is 13.2 Å². The van der Waals surface area contributed by atoms with Crippen molar-refractivity contribution in [2.24, 2.45) is 0 Å². The first kappa shape index (κ1) is 8.45. The normalized spacial score (nSPS) is 13.6. The first-order valence-corrected chi connectivity index (χ1v) is 2.04. The molecule has 0 aromatic heterocycles. The van der Waals surface area contributed by atoms with Gasteiger partial charge in [0, 0.05) is 6.08 Å². The second-order valence-electron chi connectivity index (χ2n) is 1.31. The molecule has 0 aromatic carbocycles. The molecule has 0 saturated carbocycles. The van der Waals surface area contributed by atoms with Gasteiger partial charge in [-0.25, -0.2) is 0 Å². The van der Waals surface area contributed by atoms with Crippen LogP contribution in [0.25, 0.3) is 0 Å². The van der Waals surface area contributed by atoms with Gasteiger partial charge in [0.25, 0.3) is 0 Å². The van der Waals surface area contributed by atoms with E-state index in [1.54, 1.807) is 0 Å². The van der Waals surface area contributed by atoms with Gasteiger partial charge in [0.1, 0.15) is 0 Å². The van der Waals surface area contributed by atoms with E-state index in [2.05, 4.69) is 0 Å². The molecule has 0 amide bonds. The minimum atomic E-state index is -4.47. The van der Waals surface area contributed by atoms with Gasteiger partial charge in [0.2, 0.25) is 0 Å². The van der Waals surface area contributed by atoms with Gasteiger partial charge >= 0.3 is 6.18 Å². The predicted octanol–water partition coefficient (Wildman–Crippen LogP) is 0.416. The highest BCUT2D eigenvalue weighted by Crippen LogP contribution is 2.15. The zero-order valence-electron chi connectivity index (χ0n) is 4.26. The Kier molecular flexibility index (Phi) is 2.66. The van der Waals surface area contributed by atoms with Crippen LogP contribution < -0.4 is 0 Å². The molecule has 0 rings (SSSR count). The molecule has 2 nitrogen and oxygen atoms in total. The zero-order valence-corrected chi connectivity index (χ0v) is 4.26. The van der Waals surface area contributed by atoms with E-state index in [4.69, 9.17) is 10.2 Å². The van der Waals surface area contributed by atoms with E-state index in [0.29, 0.717) is 0 Å². The summed E-state index contributed by atoms with van der Waals surface area (Å²) in [6.45, 7) is 0. The van der Waals surface area contributed by atoms with E-state index in [1.807, 2.05) is 0 Å². The predicted molar refractivity (Wildman–Crippen MR) is 23.4 cm³/mol. The van der Waals surface area contributed by atoms with Crippen molar-refractivity contribution in [3.63, 3.8) is 0 Å². The Bertz CT molecular complexity index is 105. The first-order chi connectivity index (χ1) is 3.92. The third-order valence-corrected chi connectivity index (χ3v) is 0.457. The van der Waals surface area contributed by atoms with E-state index in [-0.39, 0.29) is 12.2 Å². The lowest BCUT2D eigenvalue weighted by Gasteiger charge is -1.97. The van der Waals surface area contributed by atoms with Gasteiger partial charge in [0.05, 0.1) is 0 Å². The minimum Gasteiger partial charge on any atom is -0.365 e. The Morgan fingerprint density at radius 2 is 1.67 bits per heavy atom. The molecule has 0 aliphatic rings. The molecule has 9 heavy (non-hydrogen) atoms. The smallest absolute Gasteiger partial charge is 0.365 e. The number of rotatable bonds is 1. The summed E-state index contributed by atoms with van der Waals surface area (Å²) >= 11 is 0. The number of aliphatic hydroxyl groups is 2. The van der Waals surface area contributed by atoms with Crippen LogP contribution in [0.2, 0.25) is 0 Å². The number of hydrogen-bond donors (Lipinski definition) is 2. The van der Waals surface area contributed by atoms with Crippen molar-refractivity contribution in [2.75, 3.05) is 0 Å². The third kappa shape index (κ3) is 7.45. The summed E-state index contributed by atoms with van der Waals surface area (Å²) in [5.74, 6) is 0. The monoisotopic (exact) mass is 142 g/mol. The van der Waals surface area contributed by atoms with Crippen LogP contribution in [-0.4, -0.2) is 22.7 Å². The minimum absolute atomic E-state index is 0.236. The van der Waals surface area contributed by atoms with Crippen LogP contribution in [0.15, 0.2) is 12.2 Å². The molecule has 0 unspecified atom stereocenters. The Morgan fingerprint density at radius 3 is 1.78 bits per heavy atom. The second kappa shape index (κ2) is 2.84. The van der Waals surface area contributed by atoms with Crippen molar-refractivity contribution in [2.45, 2.75) is 12.5 Å². The van der Waals surface area contributed by atoms with Crippen molar-refractivity contribution in [3.8, 4) is 0 Å². The number of hydrogen-bond acceptors (Lipinski definition) is 2. The summed E-state index contributed by atoms with van der Waals surface area (Å²) < 4.78 is 33.3. The van der Waals surface area contributed by atoms with E-state index in [0.717, 1.165) is 0 Å². The fourth-order valence-corrected chi connectivity index (χ4v) is 0.195. The maximum absolute atomic E-state index is 11.1. The van der Waals surface area contributed by atoms with Crippen molar-refractivity contribution < 1.29 is 23.4 Å². The summed E-state index contributed by atoms with van der Waals surface area (Å²) in [7, 11) is 0. The van der Waals surface area contributed by atoms with Gasteiger partial charge < -0.3 is 10.2 Å². The molecule has 0 spiro atoms. The quantitative estimate of drug-likeness (QED) is 0.411. The molecule has 0 bridgehead atoms. The van der Waals surface area contributed by atoms with E-state index in [1.165, 1.54) is 0 Å². The molecule has 0 heterocycles. The Labute approximate surface area is 49.2 Å². The molecule has 0 fully saturated rings. The molecule has 0 aliphatic carbocycles. The molecule has 0 saturated heterocycles. The summed E-state index contributed by atoms with van der Waals surface area (Å²) in [6.07, 6.45) is -6.51. The van der Waals surface area contributed by atoms with Crippen molar-refractivity contribution >= 4 is 0 Å². The zero-order chi connectivity index (χ0) is 7.49. The Hall–Kier alpha value is -0.550. The van der Waals surface area contributed by atoms with E-state index in [9.17, 15) is 13.2 Å². The summed E-state index contributed by atoms with van der Waals surface area (Å²) in [4.78, 5) is 0. The highest BCUT2D eigenvalue weighted by atomic mass is 19.4.